The van der Waals surface area contributed by atoms with E-state index in [1.807, 2.05) is 12.1 Å². The van der Waals surface area contributed by atoms with Gasteiger partial charge in [0.25, 0.3) is 0 Å². The summed E-state index contributed by atoms with van der Waals surface area (Å²) in [5, 5.41) is 5.07. The molecule has 1 N–H and O–H groups in total. The Kier molecular flexibility index (Phi) is 4.46. The van der Waals surface area contributed by atoms with Crippen molar-refractivity contribution in [2.24, 2.45) is 0 Å². The summed E-state index contributed by atoms with van der Waals surface area (Å²) < 4.78 is 0. The van der Waals surface area contributed by atoms with Crippen LogP contribution in [0.25, 0.3) is 0 Å². The number of fused-ring (bicyclic) bond motifs is 2. The van der Waals surface area contributed by atoms with Crippen LogP contribution in [0.2, 0.25) is 10.0 Å². The van der Waals surface area contributed by atoms with Crippen molar-refractivity contribution in [2.75, 3.05) is 18.0 Å². The monoisotopic (exact) mass is 364 g/mol. The van der Waals surface area contributed by atoms with Crippen LogP contribution < -0.4 is 10.2 Å². The zero-order valence-corrected chi connectivity index (χ0v) is 15.0. The Labute approximate surface area is 151 Å². The second-order valence-corrected chi connectivity index (χ2v) is 7.99. The molecular formula is C18H18Cl2N2S. The van der Waals surface area contributed by atoms with Gasteiger partial charge in [-0.15, -0.1) is 0 Å². The molecule has 0 aliphatic carbocycles. The van der Waals surface area contributed by atoms with Gasteiger partial charge in [-0.05, 0) is 68.8 Å². The summed E-state index contributed by atoms with van der Waals surface area (Å²) in [6, 6.07) is 12.9. The van der Waals surface area contributed by atoms with E-state index in [1.54, 1.807) is 11.8 Å². The average molecular weight is 365 g/mol. The molecule has 0 amide bonds. The molecule has 2 aliphatic rings. The second kappa shape index (κ2) is 6.56. The zero-order chi connectivity index (χ0) is 15.8. The highest BCUT2D eigenvalue weighted by Crippen LogP contribution is 2.51. The van der Waals surface area contributed by atoms with Gasteiger partial charge in [0, 0.05) is 25.9 Å². The molecular weight excluding hydrogens is 347 g/mol. The molecule has 2 aromatic carbocycles. The van der Waals surface area contributed by atoms with Crippen molar-refractivity contribution in [1.29, 1.82) is 0 Å². The molecule has 1 saturated heterocycles. The Morgan fingerprint density at radius 3 is 2.22 bits per heavy atom. The van der Waals surface area contributed by atoms with E-state index in [2.05, 4.69) is 34.5 Å². The molecule has 2 aliphatic heterocycles. The van der Waals surface area contributed by atoms with Gasteiger partial charge >= 0.3 is 0 Å². The molecule has 0 saturated carbocycles. The first-order valence-electron chi connectivity index (χ1n) is 7.99. The van der Waals surface area contributed by atoms with Gasteiger partial charge in [-0.3, -0.25) is 0 Å². The van der Waals surface area contributed by atoms with Crippen molar-refractivity contribution in [2.45, 2.75) is 35.1 Å². The number of anilines is 2. The van der Waals surface area contributed by atoms with Crippen molar-refractivity contribution in [3.05, 3.63) is 46.4 Å². The van der Waals surface area contributed by atoms with E-state index in [-0.39, 0.29) is 0 Å². The van der Waals surface area contributed by atoms with Crippen molar-refractivity contribution in [3.63, 3.8) is 0 Å². The summed E-state index contributed by atoms with van der Waals surface area (Å²) in [4.78, 5) is 4.93. The first kappa shape index (κ1) is 15.6. The van der Waals surface area contributed by atoms with Gasteiger partial charge in [0.15, 0.2) is 0 Å². The maximum Gasteiger partial charge on any atom is 0.0556 e. The largest absolute Gasteiger partial charge is 0.336 e. The molecule has 5 heteroatoms. The van der Waals surface area contributed by atoms with Crippen LogP contribution in [0.1, 0.15) is 19.3 Å². The van der Waals surface area contributed by atoms with Gasteiger partial charge < -0.3 is 10.2 Å². The molecule has 1 unspecified atom stereocenters. The van der Waals surface area contributed by atoms with Gasteiger partial charge in [-0.2, -0.15) is 0 Å². The highest BCUT2D eigenvalue weighted by atomic mass is 35.5. The summed E-state index contributed by atoms with van der Waals surface area (Å²) in [6.45, 7) is 2.18. The number of rotatable bonds is 1. The number of hydrogen-bond donors (Lipinski definition) is 1. The van der Waals surface area contributed by atoms with Crippen LogP contribution >= 0.6 is 35.0 Å². The zero-order valence-electron chi connectivity index (χ0n) is 12.7. The van der Waals surface area contributed by atoms with Crippen LogP contribution in [0.3, 0.4) is 0 Å². The average Bonchev–Trinajstić information content (AvgIpc) is 2.81. The molecule has 1 fully saturated rings. The van der Waals surface area contributed by atoms with Crippen molar-refractivity contribution in [1.82, 2.24) is 5.32 Å². The van der Waals surface area contributed by atoms with Gasteiger partial charge in [0.1, 0.15) is 0 Å². The quantitative estimate of drug-likeness (QED) is 0.694. The van der Waals surface area contributed by atoms with Gasteiger partial charge in [0.2, 0.25) is 0 Å². The summed E-state index contributed by atoms with van der Waals surface area (Å²) in [5.41, 5.74) is 2.53. The number of halogens is 2. The van der Waals surface area contributed by atoms with E-state index in [9.17, 15) is 0 Å². The summed E-state index contributed by atoms with van der Waals surface area (Å²) in [5.74, 6) is 0. The summed E-state index contributed by atoms with van der Waals surface area (Å²) in [7, 11) is 0. The molecule has 0 aromatic heterocycles. The highest BCUT2D eigenvalue weighted by Gasteiger charge is 2.29. The molecule has 2 nitrogen and oxygen atoms in total. The summed E-state index contributed by atoms with van der Waals surface area (Å²) in [6.07, 6.45) is 3.55. The third kappa shape index (κ3) is 3.08. The second-order valence-electron chi connectivity index (χ2n) is 6.03. The number of hydrogen-bond acceptors (Lipinski definition) is 3. The minimum absolute atomic E-state index is 0.505. The highest BCUT2D eigenvalue weighted by molar-refractivity contribution is 7.99. The third-order valence-corrected chi connectivity index (χ3v) is 6.06. The SMILES string of the molecule is Clc1ccc2c(c1)Sc1cc(Cl)ccc1N2C1CCCNCC1. The molecule has 1 atom stereocenters. The molecule has 2 heterocycles. The van der Waals surface area contributed by atoms with E-state index in [4.69, 9.17) is 23.2 Å². The van der Waals surface area contributed by atoms with Gasteiger partial charge in [-0.1, -0.05) is 35.0 Å². The lowest BCUT2D eigenvalue weighted by Gasteiger charge is -2.38. The lowest BCUT2D eigenvalue weighted by atomic mass is 10.0. The standard InChI is InChI=1S/C18H18Cl2N2S/c19-12-3-5-15-17(10-12)23-18-11-13(20)4-6-16(18)22(15)14-2-1-8-21-9-7-14/h3-6,10-11,14,21H,1-2,7-9H2. The lowest BCUT2D eigenvalue weighted by Crippen LogP contribution is -2.33. The molecule has 23 heavy (non-hydrogen) atoms. The predicted molar refractivity (Wildman–Crippen MR) is 99.7 cm³/mol. The summed E-state index contributed by atoms with van der Waals surface area (Å²) >= 11 is 14.2. The van der Waals surface area contributed by atoms with E-state index >= 15 is 0 Å². The number of nitrogens with zero attached hydrogens (tertiary/aromatic N) is 1. The van der Waals surface area contributed by atoms with Crippen LogP contribution in [0.4, 0.5) is 11.4 Å². The Balaban J connectivity index is 1.83. The predicted octanol–water partition coefficient (Wildman–Crippen LogP) is 5.74. The van der Waals surface area contributed by atoms with Crippen molar-refractivity contribution in [3.8, 4) is 0 Å². The first-order valence-corrected chi connectivity index (χ1v) is 9.56. The Hall–Kier alpha value is -0.870. The normalized spacial score (nSPS) is 20.6. The van der Waals surface area contributed by atoms with Crippen LogP contribution in [0.5, 0.6) is 0 Å². The van der Waals surface area contributed by atoms with Gasteiger partial charge in [-0.25, -0.2) is 0 Å². The third-order valence-electron chi connectivity index (χ3n) is 4.49. The minimum Gasteiger partial charge on any atom is -0.336 e. The fraction of sp³-hybridized carbons (Fsp3) is 0.333. The van der Waals surface area contributed by atoms with Crippen LogP contribution in [0.15, 0.2) is 46.2 Å². The number of nitrogens with one attached hydrogen (secondary N) is 1. The Morgan fingerprint density at radius 1 is 0.913 bits per heavy atom. The molecule has 0 bridgehead atoms. The first-order chi connectivity index (χ1) is 11.2. The van der Waals surface area contributed by atoms with Crippen LogP contribution in [-0.4, -0.2) is 19.1 Å². The minimum atomic E-state index is 0.505. The fourth-order valence-corrected chi connectivity index (χ4v) is 5.06. The molecule has 0 spiro atoms. The lowest BCUT2D eigenvalue weighted by molar-refractivity contribution is 0.578. The van der Waals surface area contributed by atoms with E-state index in [1.165, 1.54) is 34.0 Å². The Morgan fingerprint density at radius 2 is 1.57 bits per heavy atom. The maximum absolute atomic E-state index is 6.23. The molecule has 120 valence electrons. The molecule has 0 radical (unpaired) electrons. The Bertz CT molecular complexity index is 675. The van der Waals surface area contributed by atoms with Crippen molar-refractivity contribution >= 4 is 46.3 Å². The molecule has 4 rings (SSSR count). The van der Waals surface area contributed by atoms with Gasteiger partial charge in [0.05, 0.1) is 11.4 Å². The van der Waals surface area contributed by atoms with E-state index in [0.717, 1.165) is 29.6 Å². The topological polar surface area (TPSA) is 15.3 Å². The smallest absolute Gasteiger partial charge is 0.0556 e. The number of benzene rings is 2. The van der Waals surface area contributed by atoms with E-state index < -0.39 is 0 Å². The maximum atomic E-state index is 6.23. The van der Waals surface area contributed by atoms with E-state index in [0.29, 0.717) is 6.04 Å². The van der Waals surface area contributed by atoms with Crippen LogP contribution in [-0.2, 0) is 0 Å². The van der Waals surface area contributed by atoms with Crippen molar-refractivity contribution < 1.29 is 0 Å². The van der Waals surface area contributed by atoms with Crippen LogP contribution in [0, 0.1) is 0 Å². The molecule has 2 aromatic rings. The fourth-order valence-electron chi connectivity index (χ4n) is 3.44.